The number of nitrogens with one attached hydrogen (secondary N) is 1. The minimum Gasteiger partial charge on any atom is -0.346 e. The Kier molecular flexibility index (Phi) is 4.59. The van der Waals surface area contributed by atoms with E-state index in [1.54, 1.807) is 30.3 Å². The molecule has 0 saturated heterocycles. The zero-order chi connectivity index (χ0) is 18.0. The van der Waals surface area contributed by atoms with Crippen LogP contribution in [-0.2, 0) is 9.84 Å². The van der Waals surface area contributed by atoms with Crippen molar-refractivity contribution in [3.05, 3.63) is 77.9 Å². The highest BCUT2D eigenvalue weighted by molar-refractivity contribution is 7.90. The zero-order valence-electron chi connectivity index (χ0n) is 14.1. The molecule has 1 unspecified atom stereocenters. The zero-order valence-corrected chi connectivity index (χ0v) is 14.9. The predicted octanol–water partition coefficient (Wildman–Crippen LogP) is 3.73. The van der Waals surface area contributed by atoms with Gasteiger partial charge in [0.1, 0.15) is 0 Å². The maximum absolute atomic E-state index is 12.5. The Morgan fingerprint density at radius 2 is 1.56 bits per heavy atom. The molecule has 0 heterocycles. The SMILES string of the molecule is CC(NC(=O)c1ccc2ccccc2c1)c1ccc(S(C)(=O)=O)cc1. The first-order valence-electron chi connectivity index (χ1n) is 7.94. The third-order valence-corrected chi connectivity index (χ3v) is 5.30. The smallest absolute Gasteiger partial charge is 0.251 e. The van der Waals surface area contributed by atoms with E-state index in [0.717, 1.165) is 16.3 Å². The molecule has 0 fully saturated rings. The van der Waals surface area contributed by atoms with E-state index in [2.05, 4.69) is 5.32 Å². The summed E-state index contributed by atoms with van der Waals surface area (Å²) in [5.41, 5.74) is 1.44. The topological polar surface area (TPSA) is 63.2 Å². The average Bonchev–Trinajstić information content (AvgIpc) is 2.60. The molecule has 1 N–H and O–H groups in total. The molecule has 0 radical (unpaired) electrons. The van der Waals surface area contributed by atoms with Gasteiger partial charge in [-0.1, -0.05) is 42.5 Å². The molecular weight excluding hydrogens is 334 g/mol. The van der Waals surface area contributed by atoms with Crippen LogP contribution in [0.25, 0.3) is 10.8 Å². The Balaban J connectivity index is 1.77. The minimum atomic E-state index is -3.22. The molecule has 0 saturated carbocycles. The Labute approximate surface area is 147 Å². The van der Waals surface area contributed by atoms with Gasteiger partial charge < -0.3 is 5.32 Å². The number of hydrogen-bond donors (Lipinski definition) is 1. The number of hydrogen-bond acceptors (Lipinski definition) is 3. The van der Waals surface area contributed by atoms with E-state index in [-0.39, 0.29) is 16.8 Å². The second-order valence-corrected chi connectivity index (χ2v) is 8.11. The van der Waals surface area contributed by atoms with Gasteiger partial charge in [-0.2, -0.15) is 0 Å². The van der Waals surface area contributed by atoms with Crippen LogP contribution in [0.3, 0.4) is 0 Å². The first-order valence-corrected chi connectivity index (χ1v) is 9.83. The maximum atomic E-state index is 12.5. The first-order chi connectivity index (χ1) is 11.8. The quantitative estimate of drug-likeness (QED) is 0.777. The maximum Gasteiger partial charge on any atom is 0.251 e. The number of carbonyl (C=O) groups is 1. The molecule has 128 valence electrons. The Bertz CT molecular complexity index is 1020. The molecule has 0 spiro atoms. The molecule has 0 aliphatic rings. The summed E-state index contributed by atoms with van der Waals surface area (Å²) in [6, 6.07) is 19.8. The fraction of sp³-hybridized carbons (Fsp3) is 0.150. The molecule has 0 bridgehead atoms. The van der Waals surface area contributed by atoms with Crippen LogP contribution in [0, 0.1) is 0 Å². The van der Waals surface area contributed by atoms with Crippen LogP contribution in [0.15, 0.2) is 71.6 Å². The molecular formula is C20H19NO3S. The van der Waals surface area contributed by atoms with Crippen LogP contribution >= 0.6 is 0 Å². The molecule has 25 heavy (non-hydrogen) atoms. The molecule has 3 aromatic rings. The third kappa shape index (κ3) is 3.88. The summed E-state index contributed by atoms with van der Waals surface area (Å²) < 4.78 is 23.0. The second kappa shape index (κ2) is 6.69. The van der Waals surface area contributed by atoms with Crippen molar-refractivity contribution in [3.63, 3.8) is 0 Å². The van der Waals surface area contributed by atoms with Crippen LogP contribution in [-0.4, -0.2) is 20.6 Å². The van der Waals surface area contributed by atoms with E-state index in [0.29, 0.717) is 5.56 Å². The van der Waals surface area contributed by atoms with Gasteiger partial charge >= 0.3 is 0 Å². The van der Waals surface area contributed by atoms with E-state index in [1.165, 1.54) is 6.26 Å². The van der Waals surface area contributed by atoms with E-state index in [1.807, 2.05) is 43.3 Å². The highest BCUT2D eigenvalue weighted by Crippen LogP contribution is 2.19. The summed E-state index contributed by atoms with van der Waals surface area (Å²) >= 11 is 0. The largest absolute Gasteiger partial charge is 0.346 e. The number of sulfone groups is 1. The summed E-state index contributed by atoms with van der Waals surface area (Å²) in [6.45, 7) is 1.87. The van der Waals surface area contributed by atoms with Gasteiger partial charge in [0.15, 0.2) is 9.84 Å². The standard InChI is InChI=1S/C20H19NO3S/c1-14(15-9-11-19(12-10-15)25(2,23)24)21-20(22)18-8-7-16-5-3-4-6-17(16)13-18/h3-14H,1-2H3,(H,21,22). The van der Waals surface area contributed by atoms with Gasteiger partial charge in [-0.3, -0.25) is 4.79 Å². The number of rotatable bonds is 4. The Morgan fingerprint density at radius 3 is 2.20 bits per heavy atom. The third-order valence-electron chi connectivity index (χ3n) is 4.17. The predicted molar refractivity (Wildman–Crippen MR) is 99.4 cm³/mol. The molecule has 4 nitrogen and oxygen atoms in total. The van der Waals surface area contributed by atoms with Crippen LogP contribution in [0.1, 0.15) is 28.9 Å². The molecule has 3 aromatic carbocycles. The normalized spacial score (nSPS) is 12.7. The van der Waals surface area contributed by atoms with E-state index in [4.69, 9.17) is 0 Å². The summed E-state index contributed by atoms with van der Waals surface area (Å²) in [5.74, 6) is -0.162. The van der Waals surface area contributed by atoms with Gasteiger partial charge in [-0.05, 0) is 47.5 Å². The average molecular weight is 353 g/mol. The van der Waals surface area contributed by atoms with Crippen molar-refractivity contribution in [1.82, 2.24) is 5.32 Å². The van der Waals surface area contributed by atoms with Gasteiger partial charge in [0.05, 0.1) is 10.9 Å². The lowest BCUT2D eigenvalue weighted by Crippen LogP contribution is -2.26. The fourth-order valence-electron chi connectivity index (χ4n) is 2.70. The van der Waals surface area contributed by atoms with Crippen molar-refractivity contribution in [2.45, 2.75) is 17.9 Å². The summed E-state index contributed by atoms with van der Waals surface area (Å²) in [5, 5.41) is 5.05. The highest BCUT2D eigenvalue weighted by atomic mass is 32.2. The molecule has 5 heteroatoms. The lowest BCUT2D eigenvalue weighted by Gasteiger charge is -2.15. The van der Waals surface area contributed by atoms with Crippen LogP contribution in [0.4, 0.5) is 0 Å². The summed E-state index contributed by atoms with van der Waals surface area (Å²) in [7, 11) is -3.22. The van der Waals surface area contributed by atoms with Crippen molar-refractivity contribution in [1.29, 1.82) is 0 Å². The molecule has 0 aromatic heterocycles. The molecule has 1 amide bonds. The Hall–Kier alpha value is -2.66. The summed E-state index contributed by atoms with van der Waals surface area (Å²) in [4.78, 5) is 12.8. The monoisotopic (exact) mass is 353 g/mol. The van der Waals surface area contributed by atoms with Crippen molar-refractivity contribution in [2.75, 3.05) is 6.26 Å². The molecule has 1 atom stereocenters. The van der Waals surface area contributed by atoms with E-state index < -0.39 is 9.84 Å². The number of carbonyl (C=O) groups excluding carboxylic acids is 1. The van der Waals surface area contributed by atoms with Crippen molar-refractivity contribution in [3.8, 4) is 0 Å². The van der Waals surface area contributed by atoms with Crippen LogP contribution < -0.4 is 5.32 Å². The lowest BCUT2D eigenvalue weighted by molar-refractivity contribution is 0.0940. The second-order valence-electron chi connectivity index (χ2n) is 6.10. The number of amides is 1. The Morgan fingerprint density at radius 1 is 0.920 bits per heavy atom. The molecule has 0 aliphatic carbocycles. The molecule has 0 aliphatic heterocycles. The van der Waals surface area contributed by atoms with Crippen LogP contribution in [0.5, 0.6) is 0 Å². The molecule has 3 rings (SSSR count). The number of benzene rings is 3. The van der Waals surface area contributed by atoms with E-state index >= 15 is 0 Å². The van der Waals surface area contributed by atoms with Gasteiger partial charge in [-0.25, -0.2) is 8.42 Å². The van der Waals surface area contributed by atoms with Gasteiger partial charge in [0, 0.05) is 11.8 Å². The highest BCUT2D eigenvalue weighted by Gasteiger charge is 2.13. The van der Waals surface area contributed by atoms with Crippen molar-refractivity contribution < 1.29 is 13.2 Å². The number of fused-ring (bicyclic) bond motifs is 1. The van der Waals surface area contributed by atoms with Gasteiger partial charge in [-0.15, -0.1) is 0 Å². The van der Waals surface area contributed by atoms with Crippen molar-refractivity contribution >= 4 is 26.5 Å². The van der Waals surface area contributed by atoms with Gasteiger partial charge in [0.25, 0.3) is 5.91 Å². The van der Waals surface area contributed by atoms with Gasteiger partial charge in [0.2, 0.25) is 0 Å². The first kappa shape index (κ1) is 17.2. The lowest BCUT2D eigenvalue weighted by atomic mass is 10.1. The van der Waals surface area contributed by atoms with E-state index in [9.17, 15) is 13.2 Å². The van der Waals surface area contributed by atoms with Crippen molar-refractivity contribution in [2.24, 2.45) is 0 Å². The van der Waals surface area contributed by atoms with Crippen LogP contribution in [0.2, 0.25) is 0 Å². The summed E-state index contributed by atoms with van der Waals surface area (Å²) in [6.07, 6.45) is 1.17. The fourth-order valence-corrected chi connectivity index (χ4v) is 3.33. The minimum absolute atomic E-state index is 0.162.